The minimum absolute atomic E-state index is 0.243. The minimum atomic E-state index is -0.434. The molecule has 0 aliphatic rings. The summed E-state index contributed by atoms with van der Waals surface area (Å²) in [5, 5.41) is 10.8. The summed E-state index contributed by atoms with van der Waals surface area (Å²) in [6, 6.07) is 9.26. The van der Waals surface area contributed by atoms with E-state index in [2.05, 4.69) is 25.5 Å². The number of fused-ring (bicyclic) bond motifs is 3. The summed E-state index contributed by atoms with van der Waals surface area (Å²) in [5.41, 5.74) is 1.78. The second-order valence-electron chi connectivity index (χ2n) is 5.50. The van der Waals surface area contributed by atoms with E-state index in [0.29, 0.717) is 16.0 Å². The first kappa shape index (κ1) is 17.1. The van der Waals surface area contributed by atoms with Gasteiger partial charge in [0, 0.05) is 6.20 Å². The number of halogens is 2. The highest BCUT2D eigenvalue weighted by Gasteiger charge is 2.20. The molecule has 0 fully saturated rings. The second kappa shape index (κ2) is 6.79. The number of benzene rings is 1. The maximum Gasteiger partial charge on any atom is 0.238 e. The van der Waals surface area contributed by atoms with Gasteiger partial charge in [-0.25, -0.2) is 15.1 Å². The first-order valence-corrected chi connectivity index (χ1v) is 9.26. The quantitative estimate of drug-likeness (QED) is 0.499. The van der Waals surface area contributed by atoms with Crippen molar-refractivity contribution in [3.05, 3.63) is 46.6 Å². The Morgan fingerprint density at radius 3 is 2.96 bits per heavy atom. The van der Waals surface area contributed by atoms with E-state index in [4.69, 9.17) is 23.2 Å². The SMILES string of the molecule is CC(Sc1n[nH]c2nc3ccccc3n12)C(=O)Nc1ncc(Cl)cc1Cl. The maximum absolute atomic E-state index is 12.5. The highest BCUT2D eigenvalue weighted by molar-refractivity contribution is 8.00. The molecule has 0 saturated carbocycles. The fourth-order valence-corrected chi connectivity index (χ4v) is 3.76. The minimum Gasteiger partial charge on any atom is -0.308 e. The van der Waals surface area contributed by atoms with Crippen LogP contribution in [0.4, 0.5) is 5.82 Å². The number of aromatic amines is 1. The zero-order valence-corrected chi connectivity index (χ0v) is 15.7. The van der Waals surface area contributed by atoms with Gasteiger partial charge >= 0.3 is 0 Å². The number of H-pyrrole nitrogens is 1. The number of nitrogens with zero attached hydrogens (tertiary/aromatic N) is 4. The van der Waals surface area contributed by atoms with Gasteiger partial charge in [0.25, 0.3) is 0 Å². The van der Waals surface area contributed by atoms with Crippen LogP contribution in [0.25, 0.3) is 16.8 Å². The van der Waals surface area contributed by atoms with Gasteiger partial charge in [0.1, 0.15) is 0 Å². The lowest BCUT2D eigenvalue weighted by Gasteiger charge is -2.11. The molecule has 2 N–H and O–H groups in total. The van der Waals surface area contributed by atoms with Gasteiger partial charge in [0.15, 0.2) is 11.0 Å². The number of aromatic nitrogens is 5. The molecule has 0 radical (unpaired) electrons. The average Bonchev–Trinajstić information content (AvgIpc) is 3.17. The summed E-state index contributed by atoms with van der Waals surface area (Å²) < 4.78 is 1.89. The van der Waals surface area contributed by atoms with E-state index < -0.39 is 5.25 Å². The van der Waals surface area contributed by atoms with E-state index in [1.807, 2.05) is 28.7 Å². The molecule has 3 aromatic heterocycles. The topological polar surface area (TPSA) is 88.0 Å². The van der Waals surface area contributed by atoms with E-state index in [0.717, 1.165) is 11.0 Å². The van der Waals surface area contributed by atoms with Crippen molar-refractivity contribution in [2.45, 2.75) is 17.3 Å². The van der Waals surface area contributed by atoms with Crippen LogP contribution >= 0.6 is 35.0 Å². The fraction of sp³-hybridized carbons (Fsp3) is 0.125. The summed E-state index contributed by atoms with van der Waals surface area (Å²) in [6.07, 6.45) is 1.43. The smallest absolute Gasteiger partial charge is 0.238 e. The molecule has 1 unspecified atom stereocenters. The third kappa shape index (κ3) is 3.11. The number of carbonyl (C=O) groups is 1. The molecule has 10 heteroatoms. The van der Waals surface area contributed by atoms with Gasteiger partial charge in [0.2, 0.25) is 11.7 Å². The zero-order valence-electron chi connectivity index (χ0n) is 13.4. The van der Waals surface area contributed by atoms with Crippen LogP contribution in [0.5, 0.6) is 0 Å². The maximum atomic E-state index is 12.5. The van der Waals surface area contributed by atoms with Crippen LogP contribution in [0.1, 0.15) is 6.92 Å². The third-order valence-corrected chi connectivity index (χ3v) is 5.25. The Hall–Kier alpha value is -2.29. The van der Waals surface area contributed by atoms with Crippen molar-refractivity contribution in [1.82, 2.24) is 24.6 Å². The van der Waals surface area contributed by atoms with Crippen molar-refractivity contribution in [1.29, 1.82) is 0 Å². The van der Waals surface area contributed by atoms with Gasteiger partial charge < -0.3 is 5.32 Å². The standard InChI is InChI=1S/C16H12Cl2N6OS/c1-8(14(25)21-13-10(18)6-9(17)7-19-13)26-16-23-22-15-20-11-4-2-3-5-12(11)24(15)16/h2-8H,1H3,(H,20,22)(H,19,21,25). The van der Waals surface area contributed by atoms with Gasteiger partial charge in [-0.2, -0.15) is 0 Å². The fourth-order valence-electron chi connectivity index (χ4n) is 2.46. The molecule has 1 amide bonds. The number of nitrogens with one attached hydrogen (secondary N) is 2. The Labute approximate surface area is 162 Å². The van der Waals surface area contributed by atoms with Crippen LogP contribution in [0.3, 0.4) is 0 Å². The molecule has 4 rings (SSSR count). The van der Waals surface area contributed by atoms with Crippen molar-refractivity contribution in [3.8, 4) is 0 Å². The van der Waals surface area contributed by atoms with Gasteiger partial charge in [-0.15, -0.1) is 5.10 Å². The Balaban J connectivity index is 1.57. The predicted molar refractivity (Wildman–Crippen MR) is 103 cm³/mol. The molecule has 1 atom stereocenters. The first-order chi connectivity index (χ1) is 12.5. The van der Waals surface area contributed by atoms with Crippen LogP contribution in [-0.4, -0.2) is 35.7 Å². The van der Waals surface area contributed by atoms with Crippen molar-refractivity contribution in [3.63, 3.8) is 0 Å². The Bertz CT molecular complexity index is 1120. The monoisotopic (exact) mass is 406 g/mol. The molecule has 0 saturated heterocycles. The Kier molecular flexibility index (Phi) is 4.47. The van der Waals surface area contributed by atoms with Crippen molar-refractivity contribution >= 4 is 63.5 Å². The molecule has 0 aliphatic heterocycles. The molecule has 7 nitrogen and oxygen atoms in total. The van der Waals surface area contributed by atoms with E-state index in [1.54, 1.807) is 6.92 Å². The molecule has 132 valence electrons. The highest BCUT2D eigenvalue weighted by Crippen LogP contribution is 2.28. The molecule has 4 aromatic rings. The Morgan fingerprint density at radius 1 is 1.35 bits per heavy atom. The van der Waals surface area contributed by atoms with Crippen LogP contribution in [0.2, 0.25) is 10.0 Å². The summed E-state index contributed by atoms with van der Waals surface area (Å²) in [5.74, 6) is 0.657. The van der Waals surface area contributed by atoms with Gasteiger partial charge in [-0.05, 0) is 25.1 Å². The van der Waals surface area contributed by atoms with Gasteiger partial charge in [-0.3, -0.25) is 9.20 Å². The molecular weight excluding hydrogens is 395 g/mol. The molecule has 3 heterocycles. The van der Waals surface area contributed by atoms with E-state index in [-0.39, 0.29) is 16.7 Å². The number of para-hydroxylation sites is 2. The predicted octanol–water partition coefficient (Wildman–Crippen LogP) is 4.03. The van der Waals surface area contributed by atoms with E-state index in [1.165, 1.54) is 24.0 Å². The number of rotatable bonds is 4. The number of anilines is 1. The lowest BCUT2D eigenvalue weighted by molar-refractivity contribution is -0.115. The molecule has 0 bridgehead atoms. The zero-order chi connectivity index (χ0) is 18.3. The number of imidazole rings is 1. The number of thioether (sulfide) groups is 1. The largest absolute Gasteiger partial charge is 0.308 e. The number of hydrogen-bond donors (Lipinski definition) is 2. The lowest BCUT2D eigenvalue weighted by Crippen LogP contribution is -2.23. The normalized spacial score (nSPS) is 12.6. The van der Waals surface area contributed by atoms with Crippen LogP contribution in [0, 0.1) is 0 Å². The van der Waals surface area contributed by atoms with Gasteiger partial charge in [0.05, 0.1) is 26.3 Å². The summed E-state index contributed by atoms with van der Waals surface area (Å²) in [6.45, 7) is 1.78. The average molecular weight is 407 g/mol. The van der Waals surface area contributed by atoms with Crippen molar-refractivity contribution in [2.75, 3.05) is 5.32 Å². The molecule has 0 spiro atoms. The molecular formula is C16H12Cl2N6OS. The van der Waals surface area contributed by atoms with Crippen LogP contribution < -0.4 is 5.32 Å². The number of hydrogen-bond acceptors (Lipinski definition) is 5. The number of amides is 1. The second-order valence-corrected chi connectivity index (χ2v) is 7.65. The van der Waals surface area contributed by atoms with Gasteiger partial charge in [-0.1, -0.05) is 47.1 Å². The summed E-state index contributed by atoms with van der Waals surface area (Å²) in [4.78, 5) is 21.0. The number of pyridine rings is 1. The molecule has 1 aromatic carbocycles. The van der Waals surface area contributed by atoms with Crippen molar-refractivity contribution < 1.29 is 4.79 Å². The Morgan fingerprint density at radius 2 is 2.15 bits per heavy atom. The van der Waals surface area contributed by atoms with E-state index in [9.17, 15) is 4.79 Å². The molecule has 26 heavy (non-hydrogen) atoms. The first-order valence-electron chi connectivity index (χ1n) is 7.63. The van der Waals surface area contributed by atoms with Crippen LogP contribution in [-0.2, 0) is 4.79 Å². The van der Waals surface area contributed by atoms with E-state index >= 15 is 0 Å². The van der Waals surface area contributed by atoms with Crippen LogP contribution in [0.15, 0.2) is 41.7 Å². The highest BCUT2D eigenvalue weighted by atomic mass is 35.5. The lowest BCUT2D eigenvalue weighted by atomic mass is 10.3. The van der Waals surface area contributed by atoms with Crippen molar-refractivity contribution in [2.24, 2.45) is 0 Å². The third-order valence-electron chi connectivity index (χ3n) is 3.70. The number of carbonyl (C=O) groups excluding carboxylic acids is 1. The molecule has 0 aliphatic carbocycles. The summed E-state index contributed by atoms with van der Waals surface area (Å²) in [7, 11) is 0. The summed E-state index contributed by atoms with van der Waals surface area (Å²) >= 11 is 13.2.